The van der Waals surface area contributed by atoms with E-state index in [0.29, 0.717) is 31.4 Å². The van der Waals surface area contributed by atoms with Gasteiger partial charge < -0.3 is 10.6 Å². The molecule has 8 heteroatoms. The molecule has 0 unspecified atom stereocenters. The Hall–Kier alpha value is -2.90. The van der Waals surface area contributed by atoms with Gasteiger partial charge in [-0.2, -0.15) is 0 Å². The highest BCUT2D eigenvalue weighted by atomic mass is 19.1. The van der Waals surface area contributed by atoms with E-state index in [9.17, 15) is 22.8 Å². The molecule has 0 spiro atoms. The van der Waals surface area contributed by atoms with Crippen LogP contribution < -0.4 is 10.6 Å². The van der Waals surface area contributed by atoms with Crippen molar-refractivity contribution in [1.29, 1.82) is 0 Å². The number of carbonyl (C=O) groups is 2. The number of aromatic nitrogens is 1. The van der Waals surface area contributed by atoms with Gasteiger partial charge in [-0.15, -0.1) is 0 Å². The number of rotatable bonds is 5. The molecule has 1 heterocycles. The quantitative estimate of drug-likeness (QED) is 0.824. The minimum Gasteiger partial charge on any atom is -0.345 e. The largest absolute Gasteiger partial charge is 0.345 e. The highest BCUT2D eigenvalue weighted by molar-refractivity contribution is 5.96. The van der Waals surface area contributed by atoms with Crippen molar-refractivity contribution in [3.05, 3.63) is 59.4 Å². The summed E-state index contributed by atoms with van der Waals surface area (Å²) < 4.78 is 40.8. The van der Waals surface area contributed by atoms with Gasteiger partial charge in [0.2, 0.25) is 5.91 Å². The van der Waals surface area contributed by atoms with Crippen LogP contribution in [0.2, 0.25) is 0 Å². The Morgan fingerprint density at radius 3 is 2.61 bits per heavy atom. The number of benzene rings is 1. The maximum atomic E-state index is 14.0. The van der Waals surface area contributed by atoms with Crippen molar-refractivity contribution in [3.63, 3.8) is 0 Å². The van der Waals surface area contributed by atoms with Gasteiger partial charge in [-0.25, -0.2) is 13.2 Å². The summed E-state index contributed by atoms with van der Waals surface area (Å²) in [6, 6.07) is 5.78. The molecule has 3 aliphatic carbocycles. The summed E-state index contributed by atoms with van der Waals surface area (Å²) in [5, 5.41) is 5.39. The summed E-state index contributed by atoms with van der Waals surface area (Å²) in [7, 11) is 0. The maximum absolute atomic E-state index is 14.0. The van der Waals surface area contributed by atoms with E-state index in [0.717, 1.165) is 18.2 Å². The second kappa shape index (κ2) is 6.61. The molecule has 0 saturated heterocycles. The van der Waals surface area contributed by atoms with Gasteiger partial charge in [0.15, 0.2) is 0 Å². The summed E-state index contributed by atoms with van der Waals surface area (Å²) in [4.78, 5) is 28.6. The predicted octanol–water partition coefficient (Wildman–Crippen LogP) is 3.31. The zero-order valence-corrected chi connectivity index (χ0v) is 14.9. The smallest absolute Gasteiger partial charge is 0.270 e. The Bertz CT molecular complexity index is 957. The van der Waals surface area contributed by atoms with Gasteiger partial charge in [-0.1, -0.05) is 0 Å². The van der Waals surface area contributed by atoms with E-state index in [2.05, 4.69) is 15.6 Å². The Morgan fingerprint density at radius 2 is 1.89 bits per heavy atom. The normalized spacial score (nSPS) is 25.1. The zero-order valence-electron chi connectivity index (χ0n) is 14.9. The molecule has 0 atom stereocenters. The van der Waals surface area contributed by atoms with Crippen molar-refractivity contribution >= 4 is 17.5 Å². The number of halogens is 3. The second-order valence-electron chi connectivity index (χ2n) is 7.63. The third kappa shape index (κ3) is 3.58. The van der Waals surface area contributed by atoms with Crippen LogP contribution in [0.4, 0.5) is 18.9 Å². The lowest BCUT2D eigenvalue weighted by atomic mass is 9.75. The number of carbonyl (C=O) groups excluding carboxylic acids is 2. The van der Waals surface area contributed by atoms with Gasteiger partial charge in [-0.05, 0) is 43.2 Å². The molecule has 3 saturated carbocycles. The minimum absolute atomic E-state index is 0.0652. The average Bonchev–Trinajstić information content (AvgIpc) is 3.11. The number of amides is 2. The fourth-order valence-electron chi connectivity index (χ4n) is 4.12. The van der Waals surface area contributed by atoms with Crippen LogP contribution in [0, 0.1) is 11.6 Å². The summed E-state index contributed by atoms with van der Waals surface area (Å²) in [6.45, 7) is 0. The minimum atomic E-state index is -1.15. The van der Waals surface area contributed by atoms with Gasteiger partial charge >= 0.3 is 0 Å². The number of pyridine rings is 1. The van der Waals surface area contributed by atoms with E-state index in [4.69, 9.17) is 0 Å². The van der Waals surface area contributed by atoms with Crippen LogP contribution in [0.25, 0.3) is 0 Å². The fraction of sp³-hybridized carbons (Fsp3) is 0.350. The summed E-state index contributed by atoms with van der Waals surface area (Å²) >= 11 is 0. The standard InChI is InChI=1S/C20H18F3N3O2/c21-13-1-2-15(22)12(7-13)8-17(27)25-14-3-6-24-16(9-14)18(28)26-20-5-4-19(23,10-20)11-20/h1-3,6-7,9H,4-5,8,10-11H2,(H,26,28)(H,24,25,27). The third-order valence-corrected chi connectivity index (χ3v) is 5.38. The Labute approximate surface area is 159 Å². The van der Waals surface area contributed by atoms with Gasteiger partial charge in [0, 0.05) is 35.8 Å². The lowest BCUT2D eigenvalue weighted by molar-refractivity contribution is -0.115. The predicted molar refractivity (Wildman–Crippen MR) is 95.4 cm³/mol. The Kier molecular flexibility index (Phi) is 4.36. The number of hydrogen-bond donors (Lipinski definition) is 2. The SMILES string of the molecule is O=C(Cc1cc(F)ccc1F)Nc1ccnc(C(=O)NC23CCC(F)(C2)C3)c1. The van der Waals surface area contributed by atoms with Crippen LogP contribution in [0.1, 0.15) is 41.7 Å². The van der Waals surface area contributed by atoms with Gasteiger partial charge in [-0.3, -0.25) is 14.6 Å². The van der Waals surface area contributed by atoms with Crippen LogP contribution >= 0.6 is 0 Å². The fourth-order valence-corrected chi connectivity index (χ4v) is 4.12. The monoisotopic (exact) mass is 389 g/mol. The Balaban J connectivity index is 1.40. The number of nitrogens with zero attached hydrogens (tertiary/aromatic N) is 1. The highest BCUT2D eigenvalue weighted by Crippen LogP contribution is 2.57. The van der Waals surface area contributed by atoms with Crippen molar-refractivity contribution in [3.8, 4) is 0 Å². The van der Waals surface area contributed by atoms with E-state index in [1.165, 1.54) is 18.3 Å². The van der Waals surface area contributed by atoms with E-state index >= 15 is 0 Å². The van der Waals surface area contributed by atoms with E-state index in [1.807, 2.05) is 0 Å². The van der Waals surface area contributed by atoms with E-state index < -0.39 is 34.7 Å². The number of hydrogen-bond acceptors (Lipinski definition) is 3. The molecule has 5 rings (SSSR count). The second-order valence-corrected chi connectivity index (χ2v) is 7.63. The first kappa shape index (κ1) is 18.5. The zero-order chi connectivity index (χ0) is 19.9. The first-order valence-corrected chi connectivity index (χ1v) is 8.97. The summed E-state index contributed by atoms with van der Waals surface area (Å²) in [5.74, 6) is -2.30. The highest BCUT2D eigenvalue weighted by Gasteiger charge is 2.62. The average molecular weight is 389 g/mol. The molecule has 2 aromatic rings. The van der Waals surface area contributed by atoms with Gasteiger partial charge in [0.1, 0.15) is 23.0 Å². The van der Waals surface area contributed by atoms with Crippen molar-refractivity contribution in [2.75, 3.05) is 5.32 Å². The summed E-state index contributed by atoms with van der Waals surface area (Å²) in [5.41, 5.74) is -1.32. The molecule has 0 radical (unpaired) electrons. The number of fused-ring (bicyclic) bond motifs is 1. The van der Waals surface area contributed by atoms with Crippen molar-refractivity contribution in [1.82, 2.24) is 10.3 Å². The van der Waals surface area contributed by atoms with Crippen molar-refractivity contribution in [2.24, 2.45) is 0 Å². The van der Waals surface area contributed by atoms with Gasteiger partial charge in [0.25, 0.3) is 5.91 Å². The van der Waals surface area contributed by atoms with Crippen LogP contribution in [-0.4, -0.2) is 28.0 Å². The molecule has 3 fully saturated rings. The third-order valence-electron chi connectivity index (χ3n) is 5.38. The molecule has 2 N–H and O–H groups in total. The molecule has 1 aromatic heterocycles. The molecular weight excluding hydrogens is 371 g/mol. The first-order valence-electron chi connectivity index (χ1n) is 8.97. The van der Waals surface area contributed by atoms with Crippen LogP contribution in [0.3, 0.4) is 0 Å². The molecular formula is C20H18F3N3O2. The molecule has 1 aromatic carbocycles. The van der Waals surface area contributed by atoms with E-state index in [1.54, 1.807) is 0 Å². The van der Waals surface area contributed by atoms with Crippen molar-refractivity contribution < 1.29 is 22.8 Å². The topological polar surface area (TPSA) is 71.1 Å². The Morgan fingerprint density at radius 1 is 1.11 bits per heavy atom. The van der Waals surface area contributed by atoms with Crippen LogP contribution in [0.5, 0.6) is 0 Å². The number of nitrogens with one attached hydrogen (secondary N) is 2. The van der Waals surface area contributed by atoms with Crippen molar-refractivity contribution in [2.45, 2.75) is 43.3 Å². The first-order chi connectivity index (χ1) is 13.3. The molecule has 146 valence electrons. The lowest BCUT2D eigenvalue weighted by Crippen LogP contribution is -2.57. The molecule has 5 nitrogen and oxygen atoms in total. The van der Waals surface area contributed by atoms with Crippen LogP contribution in [-0.2, 0) is 11.2 Å². The molecule has 2 amide bonds. The summed E-state index contributed by atoms with van der Waals surface area (Å²) in [6.07, 6.45) is 2.70. The molecule has 0 aliphatic heterocycles. The number of anilines is 1. The van der Waals surface area contributed by atoms with E-state index in [-0.39, 0.29) is 17.7 Å². The lowest BCUT2D eigenvalue weighted by Gasteiger charge is -2.42. The maximum Gasteiger partial charge on any atom is 0.270 e. The molecule has 2 bridgehead atoms. The molecule has 3 aliphatic rings. The van der Waals surface area contributed by atoms with Crippen LogP contribution in [0.15, 0.2) is 36.5 Å². The molecule has 28 heavy (non-hydrogen) atoms. The number of alkyl halides is 1. The van der Waals surface area contributed by atoms with Gasteiger partial charge in [0.05, 0.1) is 6.42 Å².